The van der Waals surface area contributed by atoms with E-state index < -0.39 is 0 Å². The number of hydrogen-bond donors (Lipinski definition) is 1. The molecule has 2 heterocycles. The normalized spacial score (nSPS) is 22.8. The van der Waals surface area contributed by atoms with Crippen molar-refractivity contribution in [3.63, 3.8) is 0 Å². The van der Waals surface area contributed by atoms with E-state index in [-0.39, 0.29) is 0 Å². The lowest BCUT2D eigenvalue weighted by Gasteiger charge is -2.50. The molecule has 1 fully saturated rings. The van der Waals surface area contributed by atoms with Crippen molar-refractivity contribution in [3.8, 4) is 0 Å². The van der Waals surface area contributed by atoms with Crippen LogP contribution in [0.2, 0.25) is 0 Å². The van der Waals surface area contributed by atoms with Crippen molar-refractivity contribution in [2.24, 2.45) is 5.92 Å². The van der Waals surface area contributed by atoms with E-state index in [1.807, 2.05) is 11.3 Å². The maximum Gasteiger partial charge on any atom is 0.0329 e. The van der Waals surface area contributed by atoms with Crippen molar-refractivity contribution in [2.75, 3.05) is 19.6 Å². The molecular weight excluding hydrogens is 276 g/mol. The molecule has 1 N–H and O–H groups in total. The van der Waals surface area contributed by atoms with E-state index in [2.05, 4.69) is 55.4 Å². The fourth-order valence-electron chi connectivity index (χ4n) is 3.67. The maximum atomic E-state index is 3.83. The Hall–Kier alpha value is -0.380. The highest BCUT2D eigenvalue weighted by Crippen LogP contribution is 2.28. The quantitative estimate of drug-likeness (QED) is 0.813. The van der Waals surface area contributed by atoms with Gasteiger partial charge in [-0.3, -0.25) is 4.90 Å². The van der Waals surface area contributed by atoms with Gasteiger partial charge >= 0.3 is 0 Å². The van der Waals surface area contributed by atoms with E-state index in [1.54, 1.807) is 0 Å². The molecule has 120 valence electrons. The molecule has 2 nitrogen and oxygen atoms in total. The fourth-order valence-corrected chi connectivity index (χ4v) is 4.37. The number of rotatable bonds is 7. The van der Waals surface area contributed by atoms with Crippen LogP contribution in [0.25, 0.3) is 0 Å². The largest absolute Gasteiger partial charge is 0.311 e. The van der Waals surface area contributed by atoms with Crippen LogP contribution in [0.15, 0.2) is 17.5 Å². The summed E-state index contributed by atoms with van der Waals surface area (Å²) in [7, 11) is 0. The molecular formula is C18H32N2S. The average Bonchev–Trinajstić information content (AvgIpc) is 2.98. The van der Waals surface area contributed by atoms with Gasteiger partial charge in [0, 0.05) is 36.1 Å². The summed E-state index contributed by atoms with van der Waals surface area (Å²) in [4.78, 5) is 4.31. The van der Waals surface area contributed by atoms with Crippen LogP contribution < -0.4 is 5.32 Å². The molecule has 1 atom stereocenters. The minimum absolute atomic E-state index is 0.366. The lowest BCUT2D eigenvalue weighted by Crippen LogP contribution is -2.64. The van der Waals surface area contributed by atoms with Crippen molar-refractivity contribution in [2.45, 2.75) is 65.0 Å². The molecule has 1 aliphatic heterocycles. The van der Waals surface area contributed by atoms with Gasteiger partial charge < -0.3 is 5.32 Å². The fraction of sp³-hybridized carbons (Fsp3) is 0.778. The van der Waals surface area contributed by atoms with E-state index in [4.69, 9.17) is 0 Å². The lowest BCUT2D eigenvalue weighted by molar-refractivity contribution is 0.0287. The third-order valence-electron chi connectivity index (χ3n) is 5.11. The molecule has 3 heteroatoms. The molecule has 0 aromatic carbocycles. The zero-order valence-corrected chi connectivity index (χ0v) is 15.0. The van der Waals surface area contributed by atoms with Crippen LogP contribution in [-0.4, -0.2) is 36.1 Å². The number of hydrogen-bond acceptors (Lipinski definition) is 3. The van der Waals surface area contributed by atoms with Crippen LogP contribution >= 0.6 is 11.3 Å². The van der Waals surface area contributed by atoms with Crippen molar-refractivity contribution in [1.29, 1.82) is 0 Å². The second-order valence-corrected chi connectivity index (χ2v) is 7.95. The molecule has 21 heavy (non-hydrogen) atoms. The number of piperazine rings is 1. The highest BCUT2D eigenvalue weighted by molar-refractivity contribution is 7.09. The van der Waals surface area contributed by atoms with Gasteiger partial charge in [-0.15, -0.1) is 11.3 Å². The first kappa shape index (κ1) is 17.0. The van der Waals surface area contributed by atoms with Crippen LogP contribution in [-0.2, 0) is 6.42 Å². The van der Waals surface area contributed by atoms with E-state index in [0.717, 1.165) is 12.5 Å². The Kier molecular flexibility index (Phi) is 6.27. The van der Waals surface area contributed by atoms with Crippen LogP contribution in [0.1, 0.15) is 51.8 Å². The predicted molar refractivity (Wildman–Crippen MR) is 94.2 cm³/mol. The van der Waals surface area contributed by atoms with E-state index in [1.165, 1.54) is 43.6 Å². The lowest BCUT2D eigenvalue weighted by atomic mass is 9.85. The Morgan fingerprint density at radius 1 is 1.38 bits per heavy atom. The van der Waals surface area contributed by atoms with Gasteiger partial charge in [0.15, 0.2) is 0 Å². The Labute approximate surface area is 134 Å². The van der Waals surface area contributed by atoms with Crippen molar-refractivity contribution in [1.82, 2.24) is 10.2 Å². The summed E-state index contributed by atoms with van der Waals surface area (Å²) in [5.74, 6) is 0.775. The van der Waals surface area contributed by atoms with Crippen LogP contribution in [0.3, 0.4) is 0 Å². The standard InChI is InChI=1S/C18H32N2S/c1-5-18(6-2)14-19-16(12-15(3)4)13-20(18)10-9-17-8-7-11-21-17/h7-8,11,15-16,19H,5-6,9-10,12-14H2,1-4H3. The van der Waals surface area contributed by atoms with E-state index in [0.29, 0.717) is 11.6 Å². The first-order valence-corrected chi connectivity index (χ1v) is 9.48. The summed E-state index contributed by atoms with van der Waals surface area (Å²) in [6.45, 7) is 12.9. The predicted octanol–water partition coefficient (Wildman–Crippen LogP) is 4.17. The Morgan fingerprint density at radius 2 is 2.14 bits per heavy atom. The van der Waals surface area contributed by atoms with Gasteiger partial charge in [0.1, 0.15) is 0 Å². The van der Waals surface area contributed by atoms with Crippen molar-refractivity contribution < 1.29 is 0 Å². The minimum Gasteiger partial charge on any atom is -0.311 e. The molecule has 0 amide bonds. The average molecular weight is 309 g/mol. The van der Waals surface area contributed by atoms with Crippen molar-refractivity contribution in [3.05, 3.63) is 22.4 Å². The summed E-state index contributed by atoms with van der Waals surface area (Å²) in [5, 5.41) is 6.02. The molecule has 0 radical (unpaired) electrons. The summed E-state index contributed by atoms with van der Waals surface area (Å²) in [5.41, 5.74) is 0.366. The Balaban J connectivity index is 2.01. The number of thiophene rings is 1. The Morgan fingerprint density at radius 3 is 2.71 bits per heavy atom. The van der Waals surface area contributed by atoms with Gasteiger partial charge in [-0.1, -0.05) is 33.8 Å². The molecule has 0 bridgehead atoms. The molecule has 0 spiro atoms. The Bertz CT molecular complexity index is 395. The molecule has 1 aromatic heterocycles. The second-order valence-electron chi connectivity index (χ2n) is 6.91. The van der Waals surface area contributed by atoms with Gasteiger partial charge in [0.05, 0.1) is 0 Å². The van der Waals surface area contributed by atoms with Crippen LogP contribution in [0, 0.1) is 5.92 Å². The topological polar surface area (TPSA) is 15.3 Å². The summed E-state index contributed by atoms with van der Waals surface area (Å²) >= 11 is 1.90. The minimum atomic E-state index is 0.366. The molecule has 1 unspecified atom stereocenters. The highest BCUT2D eigenvalue weighted by Gasteiger charge is 2.38. The summed E-state index contributed by atoms with van der Waals surface area (Å²) in [6.07, 6.45) is 4.98. The molecule has 0 aliphatic carbocycles. The van der Waals surface area contributed by atoms with Gasteiger partial charge in [-0.05, 0) is 43.0 Å². The van der Waals surface area contributed by atoms with Gasteiger partial charge in [-0.2, -0.15) is 0 Å². The SMILES string of the molecule is CCC1(CC)CNC(CC(C)C)CN1CCc1cccs1. The first-order chi connectivity index (χ1) is 10.1. The molecule has 2 rings (SSSR count). The monoisotopic (exact) mass is 308 g/mol. The smallest absolute Gasteiger partial charge is 0.0329 e. The van der Waals surface area contributed by atoms with Crippen LogP contribution in [0.5, 0.6) is 0 Å². The molecule has 0 saturated carbocycles. The van der Waals surface area contributed by atoms with Crippen LogP contribution in [0.4, 0.5) is 0 Å². The van der Waals surface area contributed by atoms with Crippen molar-refractivity contribution >= 4 is 11.3 Å². The summed E-state index contributed by atoms with van der Waals surface area (Å²) < 4.78 is 0. The van der Waals surface area contributed by atoms with E-state index >= 15 is 0 Å². The highest BCUT2D eigenvalue weighted by atomic mass is 32.1. The van der Waals surface area contributed by atoms with Gasteiger partial charge in [0.2, 0.25) is 0 Å². The van der Waals surface area contributed by atoms with Gasteiger partial charge in [-0.25, -0.2) is 0 Å². The zero-order valence-electron chi connectivity index (χ0n) is 14.2. The zero-order chi connectivity index (χ0) is 15.3. The molecule has 1 saturated heterocycles. The summed E-state index contributed by atoms with van der Waals surface area (Å²) in [6, 6.07) is 5.11. The molecule has 1 aliphatic rings. The number of nitrogens with one attached hydrogen (secondary N) is 1. The third-order valence-corrected chi connectivity index (χ3v) is 6.05. The number of nitrogens with zero attached hydrogens (tertiary/aromatic N) is 1. The second kappa shape index (κ2) is 7.75. The molecule has 1 aromatic rings. The van der Waals surface area contributed by atoms with E-state index in [9.17, 15) is 0 Å². The first-order valence-electron chi connectivity index (χ1n) is 8.60. The maximum absolute atomic E-state index is 3.83. The van der Waals surface area contributed by atoms with Gasteiger partial charge in [0.25, 0.3) is 0 Å². The third kappa shape index (κ3) is 4.30.